The number of anilines is 1. The van der Waals surface area contributed by atoms with Gasteiger partial charge in [-0.25, -0.2) is 0 Å². The van der Waals surface area contributed by atoms with E-state index in [-0.39, 0.29) is 12.5 Å². The minimum Gasteiger partial charge on any atom is -0.489 e. The molecule has 0 aliphatic carbocycles. The second-order valence-corrected chi connectivity index (χ2v) is 6.76. The molecule has 0 aliphatic rings. The molecule has 3 aromatic carbocycles. The Balaban J connectivity index is 1.44. The zero-order valence-electron chi connectivity index (χ0n) is 16.2. The summed E-state index contributed by atoms with van der Waals surface area (Å²) in [5.41, 5.74) is 3.03. The van der Waals surface area contributed by atoms with E-state index in [0.29, 0.717) is 35.1 Å². The molecule has 0 spiro atoms. The molecular weight excluding hydrogens is 378 g/mol. The van der Waals surface area contributed by atoms with Gasteiger partial charge < -0.3 is 19.6 Å². The number of carbonyl (C=O) groups is 1. The van der Waals surface area contributed by atoms with Crippen LogP contribution in [0, 0.1) is 0 Å². The van der Waals surface area contributed by atoms with Gasteiger partial charge >= 0.3 is 0 Å². The second kappa shape index (κ2) is 9.11. The lowest BCUT2D eigenvalue weighted by Gasteiger charge is -2.09. The van der Waals surface area contributed by atoms with Gasteiger partial charge in [-0.2, -0.15) is 0 Å². The second-order valence-electron chi connectivity index (χ2n) is 6.76. The monoisotopic (exact) mass is 399 g/mol. The van der Waals surface area contributed by atoms with Crippen LogP contribution in [0.25, 0.3) is 11.3 Å². The number of aliphatic hydroxyl groups is 1. The van der Waals surface area contributed by atoms with E-state index in [4.69, 9.17) is 14.3 Å². The Kier molecular flexibility index (Phi) is 5.92. The summed E-state index contributed by atoms with van der Waals surface area (Å²) in [4.78, 5) is 12.7. The van der Waals surface area contributed by atoms with Crippen LogP contribution >= 0.6 is 0 Å². The Labute approximate surface area is 174 Å². The van der Waals surface area contributed by atoms with E-state index < -0.39 is 0 Å². The van der Waals surface area contributed by atoms with Gasteiger partial charge in [-0.3, -0.25) is 4.79 Å². The largest absolute Gasteiger partial charge is 0.489 e. The number of carbonyl (C=O) groups excluding carboxylic acids is 1. The Bertz CT molecular complexity index is 1130. The van der Waals surface area contributed by atoms with Crippen molar-refractivity contribution >= 4 is 11.6 Å². The van der Waals surface area contributed by atoms with Crippen molar-refractivity contribution in [2.24, 2.45) is 0 Å². The summed E-state index contributed by atoms with van der Waals surface area (Å²) in [7, 11) is 0. The average Bonchev–Trinajstić information content (AvgIpc) is 3.28. The van der Waals surface area contributed by atoms with Gasteiger partial charge in [-0.05, 0) is 48.0 Å². The van der Waals surface area contributed by atoms with Crippen LogP contribution in [0.1, 0.15) is 21.7 Å². The topological polar surface area (TPSA) is 71.7 Å². The van der Waals surface area contributed by atoms with Gasteiger partial charge in [0.05, 0.1) is 0 Å². The molecule has 0 unspecified atom stereocenters. The van der Waals surface area contributed by atoms with E-state index in [1.165, 1.54) is 0 Å². The van der Waals surface area contributed by atoms with E-state index in [1.54, 1.807) is 30.3 Å². The highest BCUT2D eigenvalue weighted by Gasteiger charge is 2.10. The van der Waals surface area contributed by atoms with Crippen LogP contribution in [0.5, 0.6) is 5.75 Å². The van der Waals surface area contributed by atoms with Crippen LogP contribution in [0.3, 0.4) is 0 Å². The SMILES string of the molecule is O=C(Nc1cccc(-c2ccc(CO)o2)c1)c1cccc(OCc2ccccc2)c1. The first-order valence-corrected chi connectivity index (χ1v) is 9.59. The number of hydrogen-bond acceptors (Lipinski definition) is 4. The Hall–Kier alpha value is -3.83. The van der Waals surface area contributed by atoms with Crippen LogP contribution < -0.4 is 10.1 Å². The molecule has 0 saturated heterocycles. The summed E-state index contributed by atoms with van der Waals surface area (Å²) in [5.74, 6) is 1.53. The minimum atomic E-state index is -0.229. The molecule has 150 valence electrons. The number of hydrogen-bond donors (Lipinski definition) is 2. The number of benzene rings is 3. The van der Waals surface area contributed by atoms with E-state index in [9.17, 15) is 4.79 Å². The number of rotatable bonds is 7. The van der Waals surface area contributed by atoms with Gasteiger partial charge in [-0.15, -0.1) is 0 Å². The first kappa shape index (κ1) is 19.5. The molecule has 1 heterocycles. The molecule has 0 fully saturated rings. The molecule has 5 nitrogen and oxygen atoms in total. The lowest BCUT2D eigenvalue weighted by molar-refractivity contribution is 0.102. The quantitative estimate of drug-likeness (QED) is 0.444. The zero-order valence-corrected chi connectivity index (χ0v) is 16.2. The van der Waals surface area contributed by atoms with E-state index in [2.05, 4.69) is 5.32 Å². The number of ether oxygens (including phenoxy) is 1. The lowest BCUT2D eigenvalue weighted by atomic mass is 10.1. The first-order valence-electron chi connectivity index (χ1n) is 9.59. The van der Waals surface area contributed by atoms with Crippen LogP contribution in [0.4, 0.5) is 5.69 Å². The third-order valence-electron chi connectivity index (χ3n) is 4.57. The fourth-order valence-corrected chi connectivity index (χ4v) is 3.04. The van der Waals surface area contributed by atoms with Crippen LogP contribution in [-0.4, -0.2) is 11.0 Å². The van der Waals surface area contributed by atoms with Crippen molar-refractivity contribution in [1.82, 2.24) is 0 Å². The molecule has 0 bridgehead atoms. The van der Waals surface area contributed by atoms with E-state index >= 15 is 0 Å². The lowest BCUT2D eigenvalue weighted by Crippen LogP contribution is -2.12. The van der Waals surface area contributed by atoms with Gasteiger partial charge in [0.25, 0.3) is 5.91 Å². The smallest absolute Gasteiger partial charge is 0.255 e. The number of furan rings is 1. The Morgan fingerprint density at radius 1 is 0.900 bits per heavy atom. The van der Waals surface area contributed by atoms with Gasteiger partial charge in [0.15, 0.2) is 0 Å². The maximum Gasteiger partial charge on any atom is 0.255 e. The fraction of sp³-hybridized carbons (Fsp3) is 0.0800. The van der Waals surface area contributed by atoms with Crippen LogP contribution in [0.2, 0.25) is 0 Å². The molecule has 0 aliphatic heterocycles. The normalized spacial score (nSPS) is 10.6. The number of aliphatic hydroxyl groups excluding tert-OH is 1. The Morgan fingerprint density at radius 3 is 2.53 bits per heavy atom. The van der Waals surface area contributed by atoms with Crippen molar-refractivity contribution < 1.29 is 19.1 Å². The Morgan fingerprint density at radius 2 is 1.73 bits per heavy atom. The van der Waals surface area contributed by atoms with Crippen molar-refractivity contribution in [2.45, 2.75) is 13.2 Å². The molecule has 0 atom stereocenters. The summed E-state index contributed by atoms with van der Waals surface area (Å²) >= 11 is 0. The van der Waals surface area contributed by atoms with Crippen molar-refractivity contribution in [3.63, 3.8) is 0 Å². The number of amides is 1. The highest BCUT2D eigenvalue weighted by Crippen LogP contribution is 2.25. The molecular formula is C25H21NO4. The highest BCUT2D eigenvalue weighted by molar-refractivity contribution is 6.04. The first-order chi connectivity index (χ1) is 14.7. The predicted molar refractivity (Wildman–Crippen MR) is 115 cm³/mol. The summed E-state index contributed by atoms with van der Waals surface area (Å²) in [6.45, 7) is 0.284. The predicted octanol–water partition coefficient (Wildman–Crippen LogP) is 5.27. The minimum absolute atomic E-state index is 0.154. The summed E-state index contributed by atoms with van der Waals surface area (Å²) in [6.07, 6.45) is 0. The standard InChI is InChI=1S/C25H21NO4/c27-16-23-12-13-24(30-23)19-8-4-10-21(14-19)26-25(28)20-9-5-11-22(15-20)29-17-18-6-2-1-3-7-18/h1-15,27H,16-17H2,(H,26,28). The van der Waals surface area contributed by atoms with Gasteiger partial charge in [0, 0.05) is 16.8 Å². The molecule has 5 heteroatoms. The van der Waals surface area contributed by atoms with E-state index in [0.717, 1.165) is 11.1 Å². The molecule has 1 amide bonds. The maximum atomic E-state index is 12.7. The molecule has 4 rings (SSSR count). The van der Waals surface area contributed by atoms with Crippen molar-refractivity contribution in [3.8, 4) is 17.1 Å². The molecule has 4 aromatic rings. The van der Waals surface area contributed by atoms with Crippen LogP contribution in [0.15, 0.2) is 95.4 Å². The van der Waals surface area contributed by atoms with Gasteiger partial charge in [0.2, 0.25) is 0 Å². The van der Waals surface area contributed by atoms with Gasteiger partial charge in [-0.1, -0.05) is 48.5 Å². The fourth-order valence-electron chi connectivity index (χ4n) is 3.04. The third kappa shape index (κ3) is 4.77. The van der Waals surface area contributed by atoms with Crippen LogP contribution in [-0.2, 0) is 13.2 Å². The molecule has 1 aromatic heterocycles. The zero-order chi connectivity index (χ0) is 20.8. The molecule has 0 radical (unpaired) electrons. The third-order valence-corrected chi connectivity index (χ3v) is 4.57. The van der Waals surface area contributed by atoms with Crippen molar-refractivity contribution in [1.29, 1.82) is 0 Å². The van der Waals surface area contributed by atoms with Crippen molar-refractivity contribution in [3.05, 3.63) is 108 Å². The summed E-state index contributed by atoms with van der Waals surface area (Å²) in [5, 5.41) is 12.1. The van der Waals surface area contributed by atoms with Gasteiger partial charge in [0.1, 0.15) is 30.5 Å². The van der Waals surface area contributed by atoms with Crippen molar-refractivity contribution in [2.75, 3.05) is 5.32 Å². The molecule has 2 N–H and O–H groups in total. The highest BCUT2D eigenvalue weighted by atomic mass is 16.5. The number of nitrogens with one attached hydrogen (secondary N) is 1. The molecule has 30 heavy (non-hydrogen) atoms. The van der Waals surface area contributed by atoms with E-state index in [1.807, 2.05) is 60.7 Å². The molecule has 0 saturated carbocycles. The maximum absolute atomic E-state index is 12.7. The summed E-state index contributed by atoms with van der Waals surface area (Å²) in [6, 6.07) is 27.8. The average molecular weight is 399 g/mol. The summed E-state index contributed by atoms with van der Waals surface area (Å²) < 4.78 is 11.4.